The Kier molecular flexibility index (Phi) is 35.5. The molecule has 240 valence electrons. The number of carbonyl (C=O) groups is 1. The molecular weight excluding hydrogens is 545 g/mol. The molecule has 2 saturated heterocycles. The van der Waals surface area contributed by atoms with Gasteiger partial charge in [0.05, 0.1) is 13.1 Å². The van der Waals surface area contributed by atoms with Crippen LogP contribution >= 0.6 is 0 Å². The first-order valence-electron chi connectivity index (χ1n) is 15.7. The average Bonchev–Trinajstić information content (AvgIpc) is 3.66. The fourth-order valence-corrected chi connectivity index (χ4v) is 5.04. The van der Waals surface area contributed by atoms with Crippen molar-refractivity contribution < 1.29 is 19.5 Å². The van der Waals surface area contributed by atoms with Gasteiger partial charge in [0.15, 0.2) is 11.4 Å². The molecule has 1 atom stereocenters. The normalized spacial score (nSPS) is 15.7. The van der Waals surface area contributed by atoms with Gasteiger partial charge >= 0.3 is 0 Å². The molecule has 4 nitrogen and oxygen atoms in total. The number of likely N-dealkylation sites (tertiary alicyclic amines) is 1. The lowest BCUT2D eigenvalue weighted by Crippen LogP contribution is -2.81. The van der Waals surface area contributed by atoms with Crippen molar-refractivity contribution in [3.05, 3.63) is 65.2 Å². The summed E-state index contributed by atoms with van der Waals surface area (Å²) in [6.45, 7) is 8.91. The van der Waals surface area contributed by atoms with Crippen LogP contribution in [0.25, 0.3) is 0 Å². The highest BCUT2D eigenvalue weighted by Crippen LogP contribution is 2.22. The average molecular weight is 604 g/mol. The van der Waals surface area contributed by atoms with E-state index in [4.69, 9.17) is 0 Å². The van der Waals surface area contributed by atoms with E-state index in [-0.39, 0.29) is 5.82 Å². The van der Waals surface area contributed by atoms with Crippen LogP contribution < -0.4 is 10.3 Å². The molecule has 1 aliphatic carbocycles. The Hall–Kier alpha value is -4.03. The molecule has 5 heteroatoms. The van der Waals surface area contributed by atoms with Crippen molar-refractivity contribution in [1.29, 1.82) is 0 Å². The fourth-order valence-electron chi connectivity index (χ4n) is 5.04. The molecule has 0 spiro atoms. The number of carbonyl (C=O) groups excluding carboxylic acids is 1. The highest BCUT2D eigenvalue weighted by atomic mass is 19.1. The van der Waals surface area contributed by atoms with E-state index in [0.29, 0.717) is 0 Å². The van der Waals surface area contributed by atoms with Crippen LogP contribution in [0.4, 0.5) is 4.39 Å². The van der Waals surface area contributed by atoms with E-state index >= 15 is 0 Å². The largest absolute Gasteiger partial charge is 0.346 e. The number of hydrogen-bond acceptors (Lipinski definition) is 1. The molecule has 3 heterocycles. The van der Waals surface area contributed by atoms with Gasteiger partial charge in [-0.3, -0.25) is 4.79 Å². The number of pyridine rings is 1. The Morgan fingerprint density at radius 3 is 1.68 bits per heavy atom. The Bertz CT molecular complexity index is 945. The summed E-state index contributed by atoms with van der Waals surface area (Å²) in [6.07, 6.45) is 49.4. The van der Waals surface area contributed by atoms with Crippen LogP contribution in [0.1, 0.15) is 100 Å². The molecule has 1 amide bonds. The topological polar surface area (TPSA) is 51.1 Å². The first kappa shape index (κ1) is 44.4. The molecule has 0 radical (unpaired) electrons. The molecule has 5 rings (SSSR count). The van der Waals surface area contributed by atoms with Crippen molar-refractivity contribution >= 4 is 6.41 Å². The van der Waals surface area contributed by atoms with Crippen LogP contribution in [-0.2, 0) is 11.2 Å². The number of aryl methyl sites for hydroxylation is 2. The molecule has 44 heavy (non-hydrogen) atoms. The van der Waals surface area contributed by atoms with E-state index in [1.807, 2.05) is 4.90 Å². The van der Waals surface area contributed by atoms with Gasteiger partial charge in [0.25, 0.3) is 0 Å². The lowest BCUT2D eigenvalue weighted by Gasteiger charge is -2.21. The summed E-state index contributed by atoms with van der Waals surface area (Å²) < 4.78 is 11.9. The number of H-pyrrole nitrogens is 1. The van der Waals surface area contributed by atoms with Crippen LogP contribution in [0.2, 0.25) is 0 Å². The summed E-state index contributed by atoms with van der Waals surface area (Å²) in [5.74, 6) is 0.603. The summed E-state index contributed by atoms with van der Waals surface area (Å²) in [4.78, 5) is 15.5. The van der Waals surface area contributed by atoms with Crippen molar-refractivity contribution in [2.45, 2.75) is 96.8 Å². The van der Waals surface area contributed by atoms with Gasteiger partial charge in [0, 0.05) is 50.4 Å². The monoisotopic (exact) mass is 603 g/mol. The number of nitrogens with zero attached hydrogens (tertiary/aromatic N) is 1. The summed E-state index contributed by atoms with van der Waals surface area (Å²) in [7, 11) is 0. The van der Waals surface area contributed by atoms with Gasteiger partial charge in [-0.2, -0.15) is 0 Å². The SMILES string of the molecule is C#C.C#C.C#C.C#C.C1CCCCC1.CCCc1[nH+]c(C)ccc1[C@H]1CC[NH2+]C1.Fc1ccccc1.O=CN1CCCCC1. The summed E-state index contributed by atoms with van der Waals surface area (Å²) in [6, 6.07) is 12.5. The lowest BCUT2D eigenvalue weighted by molar-refractivity contribution is -0.636. The first-order chi connectivity index (χ1) is 21.6. The summed E-state index contributed by atoms with van der Waals surface area (Å²) in [5.41, 5.74) is 4.32. The molecule has 3 aliphatic rings. The van der Waals surface area contributed by atoms with E-state index in [9.17, 15) is 9.18 Å². The van der Waals surface area contributed by atoms with Crippen LogP contribution in [0.15, 0.2) is 42.5 Å². The number of aromatic nitrogens is 1. The fraction of sp³-hybridized carbons (Fsp3) is 0.487. The van der Waals surface area contributed by atoms with Gasteiger partial charge in [-0.05, 0) is 43.9 Å². The highest BCUT2D eigenvalue weighted by Gasteiger charge is 2.25. The number of amides is 1. The molecule has 1 saturated carbocycles. The second-order valence-electron chi connectivity index (χ2n) is 10.2. The van der Waals surface area contributed by atoms with Gasteiger partial charge in [0.2, 0.25) is 6.41 Å². The molecule has 1 aromatic carbocycles. The number of hydrogen-bond donors (Lipinski definition) is 1. The molecule has 0 unspecified atom stereocenters. The third-order valence-electron chi connectivity index (χ3n) is 7.09. The number of quaternary nitrogens is 1. The Balaban J connectivity index is -0.000000499. The molecule has 0 bridgehead atoms. The van der Waals surface area contributed by atoms with Gasteiger partial charge in [-0.1, -0.05) is 63.6 Å². The molecular formula is C39H58FN3O+2. The molecule has 3 fully saturated rings. The third-order valence-corrected chi connectivity index (χ3v) is 7.09. The maximum absolute atomic E-state index is 11.9. The maximum Gasteiger partial charge on any atom is 0.209 e. The van der Waals surface area contributed by atoms with Crippen molar-refractivity contribution in [2.75, 3.05) is 26.2 Å². The van der Waals surface area contributed by atoms with Gasteiger partial charge in [-0.15, -0.1) is 51.4 Å². The van der Waals surface area contributed by atoms with Crippen LogP contribution in [0, 0.1) is 64.1 Å². The van der Waals surface area contributed by atoms with Crippen molar-refractivity contribution in [1.82, 2.24) is 4.90 Å². The van der Waals surface area contributed by atoms with Gasteiger partial charge in [0.1, 0.15) is 5.82 Å². The van der Waals surface area contributed by atoms with E-state index in [1.54, 1.807) is 23.8 Å². The second kappa shape index (κ2) is 35.2. The zero-order valence-corrected chi connectivity index (χ0v) is 27.4. The van der Waals surface area contributed by atoms with Crippen LogP contribution in [0.3, 0.4) is 0 Å². The zero-order chi connectivity index (χ0) is 33.8. The molecule has 1 aromatic heterocycles. The zero-order valence-electron chi connectivity index (χ0n) is 27.4. The summed E-state index contributed by atoms with van der Waals surface area (Å²) in [5, 5.41) is 2.43. The van der Waals surface area contributed by atoms with E-state index in [0.717, 1.165) is 25.4 Å². The van der Waals surface area contributed by atoms with E-state index in [2.05, 4.69) is 87.7 Å². The van der Waals surface area contributed by atoms with E-state index < -0.39 is 0 Å². The van der Waals surface area contributed by atoms with Crippen molar-refractivity contribution in [3.63, 3.8) is 0 Å². The van der Waals surface area contributed by atoms with Crippen LogP contribution in [0.5, 0.6) is 0 Å². The van der Waals surface area contributed by atoms with Gasteiger partial charge in [-0.25, -0.2) is 9.37 Å². The minimum atomic E-state index is -0.178. The third kappa shape index (κ3) is 23.5. The number of nitrogens with one attached hydrogen (secondary N) is 1. The number of halogens is 1. The standard InChI is InChI=1S/C13H20N2.C6H5F.C6H11NO.C6H12.4C2H2/c1-3-4-13-12(6-5-10(2)15-13)11-7-8-14-9-11;7-6-4-2-1-3-5-6;8-6-7-4-2-1-3-5-7;1-2-4-6-5-3-1;4*1-2/h5-6,11,14H,3-4,7-9H2,1-2H3;1-5H;6H,1-5H2;1-6H2;4*1-2H/p+2/t11-;;;;;;;/m0......./s1. The highest BCUT2D eigenvalue weighted by molar-refractivity contribution is 5.46. The Morgan fingerprint density at radius 1 is 0.818 bits per heavy atom. The predicted molar refractivity (Wildman–Crippen MR) is 186 cm³/mol. The lowest BCUT2D eigenvalue weighted by atomic mass is 9.95. The van der Waals surface area contributed by atoms with E-state index in [1.165, 1.54) is 114 Å². The Morgan fingerprint density at radius 2 is 1.32 bits per heavy atom. The quantitative estimate of drug-likeness (QED) is 0.311. The number of benzene rings is 1. The molecule has 3 N–H and O–H groups in total. The van der Waals surface area contributed by atoms with Crippen LogP contribution in [-0.4, -0.2) is 37.5 Å². The number of nitrogens with two attached hydrogens (primary N) is 1. The minimum Gasteiger partial charge on any atom is -0.346 e. The van der Waals surface area contributed by atoms with Gasteiger partial charge < -0.3 is 10.2 Å². The minimum absolute atomic E-state index is 0.178. The second-order valence-corrected chi connectivity index (χ2v) is 10.2. The van der Waals surface area contributed by atoms with Crippen molar-refractivity contribution in [3.8, 4) is 51.4 Å². The number of aromatic amines is 1. The predicted octanol–water partition coefficient (Wildman–Crippen LogP) is 6.60. The smallest absolute Gasteiger partial charge is 0.209 e. The first-order valence-corrected chi connectivity index (χ1v) is 15.7. The maximum atomic E-state index is 11.9. The summed E-state index contributed by atoms with van der Waals surface area (Å²) >= 11 is 0. The molecule has 2 aromatic rings. The number of piperidine rings is 1. The molecule has 2 aliphatic heterocycles. The number of terminal acetylenes is 4. The number of rotatable bonds is 4. The van der Waals surface area contributed by atoms with Crippen molar-refractivity contribution in [2.24, 2.45) is 0 Å². The Labute approximate surface area is 270 Å².